The van der Waals surface area contributed by atoms with Gasteiger partial charge in [-0.05, 0) is 41.9 Å². The van der Waals surface area contributed by atoms with Gasteiger partial charge < -0.3 is 20.1 Å². The lowest BCUT2D eigenvalue weighted by Crippen LogP contribution is -2.41. The highest BCUT2D eigenvalue weighted by Gasteiger charge is 2.09. The van der Waals surface area contributed by atoms with Crippen molar-refractivity contribution in [3.63, 3.8) is 0 Å². The number of benzene rings is 2. The zero-order valence-electron chi connectivity index (χ0n) is 13.9. The molecule has 0 spiro atoms. The Labute approximate surface area is 149 Å². The van der Waals surface area contributed by atoms with E-state index in [1.165, 1.54) is 11.1 Å². The molecular formula is C19H24N2O2S. The number of ether oxygens (including phenoxy) is 1. The molecule has 5 heteroatoms. The van der Waals surface area contributed by atoms with Crippen LogP contribution in [-0.4, -0.2) is 41.9 Å². The van der Waals surface area contributed by atoms with Crippen molar-refractivity contribution in [2.45, 2.75) is 13.0 Å². The lowest BCUT2D eigenvalue weighted by molar-refractivity contribution is 0.245. The van der Waals surface area contributed by atoms with Gasteiger partial charge in [-0.3, -0.25) is 0 Å². The van der Waals surface area contributed by atoms with E-state index < -0.39 is 0 Å². The first-order valence-corrected chi connectivity index (χ1v) is 8.44. The summed E-state index contributed by atoms with van der Waals surface area (Å²) in [5.41, 5.74) is 2.40. The number of thiocarbonyl (C=S) groups is 1. The smallest absolute Gasteiger partial charge is 0.169 e. The van der Waals surface area contributed by atoms with Gasteiger partial charge >= 0.3 is 0 Å². The van der Waals surface area contributed by atoms with Gasteiger partial charge in [-0.25, -0.2) is 0 Å². The Morgan fingerprint density at radius 3 is 2.42 bits per heavy atom. The molecule has 0 saturated heterocycles. The maximum absolute atomic E-state index is 9.28. The molecule has 0 fully saturated rings. The van der Waals surface area contributed by atoms with E-state index in [9.17, 15) is 5.11 Å². The van der Waals surface area contributed by atoms with Crippen molar-refractivity contribution in [2.75, 3.05) is 26.8 Å². The molecule has 4 nitrogen and oxygen atoms in total. The summed E-state index contributed by atoms with van der Waals surface area (Å²) in [5, 5.41) is 13.2. The highest BCUT2D eigenvalue weighted by atomic mass is 32.1. The Kier molecular flexibility index (Phi) is 7.52. The molecule has 0 aliphatic heterocycles. The van der Waals surface area contributed by atoms with E-state index in [-0.39, 0.29) is 6.61 Å². The summed E-state index contributed by atoms with van der Waals surface area (Å²) in [6, 6.07) is 18.2. The van der Waals surface area contributed by atoms with E-state index in [1.807, 2.05) is 35.2 Å². The SMILES string of the molecule is COc1ccc(CCNC(=S)N(CCO)Cc2ccccc2)cc1. The average molecular weight is 344 g/mol. The van der Waals surface area contributed by atoms with Crippen LogP contribution in [0, 0.1) is 0 Å². The minimum Gasteiger partial charge on any atom is -0.497 e. The monoisotopic (exact) mass is 344 g/mol. The Balaban J connectivity index is 1.83. The number of methoxy groups -OCH3 is 1. The van der Waals surface area contributed by atoms with Gasteiger partial charge in [0.05, 0.1) is 13.7 Å². The first-order chi connectivity index (χ1) is 11.7. The van der Waals surface area contributed by atoms with Gasteiger partial charge in [0, 0.05) is 19.6 Å². The number of aliphatic hydroxyl groups is 1. The van der Waals surface area contributed by atoms with Crippen LogP contribution < -0.4 is 10.1 Å². The van der Waals surface area contributed by atoms with Crippen molar-refractivity contribution < 1.29 is 9.84 Å². The van der Waals surface area contributed by atoms with Gasteiger partial charge in [0.1, 0.15) is 5.75 Å². The minimum absolute atomic E-state index is 0.0765. The molecule has 0 aliphatic carbocycles. The third-order valence-corrected chi connectivity index (χ3v) is 4.12. The molecule has 0 bridgehead atoms. The normalized spacial score (nSPS) is 10.2. The first kappa shape index (κ1) is 18.2. The molecule has 2 N–H and O–H groups in total. The van der Waals surface area contributed by atoms with E-state index in [2.05, 4.69) is 29.6 Å². The maximum Gasteiger partial charge on any atom is 0.169 e. The maximum atomic E-state index is 9.28. The van der Waals surface area contributed by atoms with Crippen molar-refractivity contribution in [1.82, 2.24) is 10.2 Å². The molecular weight excluding hydrogens is 320 g/mol. The molecule has 128 valence electrons. The van der Waals surface area contributed by atoms with Crippen LogP contribution in [0.5, 0.6) is 5.75 Å². The summed E-state index contributed by atoms with van der Waals surface area (Å²) in [6.07, 6.45) is 0.877. The van der Waals surface area contributed by atoms with Gasteiger partial charge in [0.2, 0.25) is 0 Å². The van der Waals surface area contributed by atoms with E-state index in [4.69, 9.17) is 17.0 Å². The predicted molar refractivity (Wildman–Crippen MR) is 101 cm³/mol. The summed E-state index contributed by atoms with van der Waals surface area (Å²) in [5.74, 6) is 0.860. The second-order valence-corrected chi connectivity index (χ2v) is 5.85. The molecule has 2 aromatic carbocycles. The van der Waals surface area contributed by atoms with Crippen molar-refractivity contribution >= 4 is 17.3 Å². The fraction of sp³-hybridized carbons (Fsp3) is 0.316. The molecule has 2 rings (SSSR count). The number of rotatable bonds is 8. The van der Waals surface area contributed by atoms with Crippen molar-refractivity contribution in [3.8, 4) is 5.75 Å². The minimum atomic E-state index is 0.0765. The van der Waals surface area contributed by atoms with E-state index in [1.54, 1.807) is 7.11 Å². The summed E-state index contributed by atoms with van der Waals surface area (Å²) in [6.45, 7) is 2.04. The third kappa shape index (κ3) is 5.83. The van der Waals surface area contributed by atoms with E-state index in [0.717, 1.165) is 18.7 Å². The standard InChI is InChI=1S/C19H24N2O2S/c1-23-18-9-7-16(8-10-18)11-12-20-19(24)21(13-14-22)15-17-5-3-2-4-6-17/h2-10,22H,11-15H2,1H3,(H,20,24). The zero-order valence-corrected chi connectivity index (χ0v) is 14.8. The molecule has 0 aliphatic rings. The summed E-state index contributed by atoms with van der Waals surface area (Å²) in [7, 11) is 1.66. The summed E-state index contributed by atoms with van der Waals surface area (Å²) >= 11 is 5.48. The van der Waals surface area contributed by atoms with Crippen LogP contribution >= 0.6 is 12.2 Å². The number of aliphatic hydroxyl groups excluding tert-OH is 1. The van der Waals surface area contributed by atoms with Crippen LogP contribution in [0.15, 0.2) is 54.6 Å². The molecule has 0 heterocycles. The topological polar surface area (TPSA) is 44.7 Å². The van der Waals surface area contributed by atoms with Gasteiger partial charge in [-0.15, -0.1) is 0 Å². The molecule has 0 radical (unpaired) electrons. The molecule has 0 amide bonds. The third-order valence-electron chi connectivity index (χ3n) is 3.72. The van der Waals surface area contributed by atoms with Crippen LogP contribution in [0.4, 0.5) is 0 Å². The van der Waals surface area contributed by atoms with Crippen molar-refractivity contribution in [3.05, 3.63) is 65.7 Å². The predicted octanol–water partition coefficient (Wildman–Crippen LogP) is 2.61. The second kappa shape index (κ2) is 9.90. The largest absolute Gasteiger partial charge is 0.497 e. The Morgan fingerprint density at radius 2 is 1.79 bits per heavy atom. The molecule has 2 aromatic rings. The molecule has 0 atom stereocenters. The zero-order chi connectivity index (χ0) is 17.2. The molecule has 0 aromatic heterocycles. The van der Waals surface area contributed by atoms with Gasteiger partial charge in [-0.1, -0.05) is 42.5 Å². The Morgan fingerprint density at radius 1 is 1.08 bits per heavy atom. The lowest BCUT2D eigenvalue weighted by Gasteiger charge is -2.25. The van der Waals surface area contributed by atoms with Crippen LogP contribution in [-0.2, 0) is 13.0 Å². The highest BCUT2D eigenvalue weighted by molar-refractivity contribution is 7.80. The fourth-order valence-electron chi connectivity index (χ4n) is 2.39. The summed E-state index contributed by atoms with van der Waals surface area (Å²) in [4.78, 5) is 1.98. The van der Waals surface area contributed by atoms with Crippen LogP contribution in [0.2, 0.25) is 0 Å². The lowest BCUT2D eigenvalue weighted by atomic mass is 10.1. The highest BCUT2D eigenvalue weighted by Crippen LogP contribution is 2.11. The van der Waals surface area contributed by atoms with Gasteiger partial charge in [0.25, 0.3) is 0 Å². The molecule has 0 unspecified atom stereocenters. The first-order valence-electron chi connectivity index (χ1n) is 8.03. The fourth-order valence-corrected chi connectivity index (χ4v) is 2.65. The van der Waals surface area contributed by atoms with Gasteiger partial charge in [-0.2, -0.15) is 0 Å². The molecule has 0 saturated carbocycles. The average Bonchev–Trinajstić information content (AvgIpc) is 2.62. The van der Waals surface area contributed by atoms with Crippen molar-refractivity contribution in [1.29, 1.82) is 0 Å². The Bertz CT molecular complexity index is 617. The van der Waals surface area contributed by atoms with Crippen molar-refractivity contribution in [2.24, 2.45) is 0 Å². The van der Waals surface area contributed by atoms with Crippen LogP contribution in [0.25, 0.3) is 0 Å². The second-order valence-electron chi connectivity index (χ2n) is 5.46. The molecule has 24 heavy (non-hydrogen) atoms. The van der Waals surface area contributed by atoms with Crippen LogP contribution in [0.1, 0.15) is 11.1 Å². The number of hydrogen-bond acceptors (Lipinski definition) is 3. The quantitative estimate of drug-likeness (QED) is 0.721. The number of hydrogen-bond donors (Lipinski definition) is 2. The number of nitrogens with one attached hydrogen (secondary N) is 1. The van der Waals surface area contributed by atoms with Gasteiger partial charge in [0.15, 0.2) is 5.11 Å². The summed E-state index contributed by atoms with van der Waals surface area (Å²) < 4.78 is 5.16. The number of nitrogens with zero attached hydrogens (tertiary/aromatic N) is 1. The van der Waals surface area contributed by atoms with Crippen LogP contribution in [0.3, 0.4) is 0 Å². The van der Waals surface area contributed by atoms with E-state index >= 15 is 0 Å². The van der Waals surface area contributed by atoms with E-state index in [0.29, 0.717) is 18.2 Å². The Hall–Kier alpha value is -2.11.